The molecule has 104 valence electrons. The zero-order valence-electron chi connectivity index (χ0n) is 10.8. The topological polar surface area (TPSA) is 55.6 Å². The number of hydrogen-bond acceptors (Lipinski definition) is 4. The highest BCUT2D eigenvalue weighted by atomic mass is 79.9. The van der Waals surface area contributed by atoms with Crippen molar-refractivity contribution >= 4 is 27.3 Å². The lowest BCUT2D eigenvalue weighted by molar-refractivity contribution is -0.384. The Morgan fingerprint density at radius 2 is 2.37 bits per heavy atom. The Labute approximate surface area is 120 Å². The van der Waals surface area contributed by atoms with E-state index in [2.05, 4.69) is 20.8 Å². The van der Waals surface area contributed by atoms with E-state index < -0.39 is 0 Å². The van der Waals surface area contributed by atoms with E-state index >= 15 is 0 Å². The summed E-state index contributed by atoms with van der Waals surface area (Å²) in [7, 11) is 2.00. The molecule has 0 aliphatic carbocycles. The third-order valence-electron chi connectivity index (χ3n) is 3.33. The first kappa shape index (κ1) is 14.3. The van der Waals surface area contributed by atoms with Gasteiger partial charge in [0.25, 0.3) is 5.69 Å². The van der Waals surface area contributed by atoms with E-state index in [1.165, 1.54) is 0 Å². The van der Waals surface area contributed by atoms with Gasteiger partial charge in [-0.25, -0.2) is 0 Å². The monoisotopic (exact) mass is 328 g/mol. The van der Waals surface area contributed by atoms with Crippen LogP contribution in [0, 0.1) is 10.1 Å². The number of nitro groups is 1. The lowest BCUT2D eigenvalue weighted by atomic mass is 10.1. The molecule has 1 atom stereocenters. The van der Waals surface area contributed by atoms with Crippen molar-refractivity contribution in [3.63, 3.8) is 0 Å². The van der Waals surface area contributed by atoms with Crippen LogP contribution in [0.2, 0.25) is 0 Å². The van der Waals surface area contributed by atoms with Gasteiger partial charge in [0.05, 0.1) is 11.0 Å². The van der Waals surface area contributed by atoms with Gasteiger partial charge in [0.15, 0.2) is 0 Å². The molecule has 6 heteroatoms. The summed E-state index contributed by atoms with van der Waals surface area (Å²) in [4.78, 5) is 12.5. The summed E-state index contributed by atoms with van der Waals surface area (Å²) in [6.07, 6.45) is 2.47. The highest BCUT2D eigenvalue weighted by Gasteiger charge is 2.19. The van der Waals surface area contributed by atoms with E-state index in [1.54, 1.807) is 12.1 Å². The van der Waals surface area contributed by atoms with E-state index in [9.17, 15) is 10.1 Å². The van der Waals surface area contributed by atoms with Crippen molar-refractivity contribution in [2.75, 3.05) is 25.1 Å². The van der Waals surface area contributed by atoms with Crippen molar-refractivity contribution in [3.05, 3.63) is 33.9 Å². The molecule has 1 aromatic rings. The van der Waals surface area contributed by atoms with E-state index in [0.717, 1.165) is 37.2 Å². The molecule has 1 aliphatic heterocycles. The van der Waals surface area contributed by atoms with Crippen LogP contribution in [0.15, 0.2) is 18.2 Å². The SMILES string of the molecule is CN(CC1CCCO1)c1ccc([N+](=O)[O-])cc1CBr. The van der Waals surface area contributed by atoms with Gasteiger partial charge in [0.1, 0.15) is 0 Å². The minimum atomic E-state index is -0.365. The minimum absolute atomic E-state index is 0.128. The Kier molecular flexibility index (Phi) is 4.76. The third-order valence-corrected chi connectivity index (χ3v) is 3.93. The molecule has 1 fully saturated rings. The van der Waals surface area contributed by atoms with Crippen LogP contribution in [-0.2, 0) is 10.1 Å². The van der Waals surface area contributed by atoms with E-state index in [1.807, 2.05) is 13.1 Å². The maximum atomic E-state index is 10.8. The van der Waals surface area contributed by atoms with E-state index in [4.69, 9.17) is 4.74 Å². The second-order valence-electron chi connectivity index (χ2n) is 4.72. The summed E-state index contributed by atoms with van der Waals surface area (Å²) < 4.78 is 5.62. The number of anilines is 1. The number of nitrogens with zero attached hydrogens (tertiary/aromatic N) is 2. The number of nitro benzene ring substituents is 1. The Hall–Kier alpha value is -1.14. The summed E-state index contributed by atoms with van der Waals surface area (Å²) in [5, 5.41) is 11.4. The van der Waals surface area contributed by atoms with Crippen LogP contribution in [0.25, 0.3) is 0 Å². The molecule has 0 radical (unpaired) electrons. The maximum Gasteiger partial charge on any atom is 0.269 e. The van der Waals surface area contributed by atoms with Crippen LogP contribution in [0.3, 0.4) is 0 Å². The molecule has 1 saturated heterocycles. The fraction of sp³-hybridized carbons (Fsp3) is 0.538. The molecule has 0 saturated carbocycles. The van der Waals surface area contributed by atoms with E-state index in [-0.39, 0.29) is 16.7 Å². The molecule has 1 heterocycles. The number of ether oxygens (including phenoxy) is 1. The molecule has 0 amide bonds. The second kappa shape index (κ2) is 6.34. The van der Waals surface area contributed by atoms with Crippen molar-refractivity contribution in [1.29, 1.82) is 0 Å². The zero-order valence-corrected chi connectivity index (χ0v) is 12.4. The van der Waals surface area contributed by atoms with Gasteiger partial charge in [-0.3, -0.25) is 10.1 Å². The molecular formula is C13H17BrN2O3. The molecule has 5 nitrogen and oxygen atoms in total. The number of rotatable bonds is 5. The Balaban J connectivity index is 2.15. The smallest absolute Gasteiger partial charge is 0.269 e. The molecule has 0 N–H and O–H groups in total. The van der Waals surface area contributed by atoms with Crippen molar-refractivity contribution < 1.29 is 9.66 Å². The average molecular weight is 329 g/mol. The summed E-state index contributed by atoms with van der Waals surface area (Å²) in [6.45, 7) is 1.65. The van der Waals surface area contributed by atoms with Crippen LogP contribution in [-0.4, -0.2) is 31.2 Å². The number of hydrogen-bond donors (Lipinski definition) is 0. The maximum absolute atomic E-state index is 10.8. The first-order valence-electron chi connectivity index (χ1n) is 6.28. The summed E-state index contributed by atoms with van der Waals surface area (Å²) in [5.41, 5.74) is 2.07. The van der Waals surface area contributed by atoms with Crippen LogP contribution >= 0.6 is 15.9 Å². The molecule has 0 bridgehead atoms. The fourth-order valence-corrected chi connectivity index (χ4v) is 2.81. The summed E-state index contributed by atoms with van der Waals surface area (Å²) >= 11 is 3.39. The summed E-state index contributed by atoms with van der Waals surface area (Å²) in [6, 6.07) is 4.98. The van der Waals surface area contributed by atoms with Gasteiger partial charge in [0.2, 0.25) is 0 Å². The molecule has 1 aliphatic rings. The van der Waals surface area contributed by atoms with Gasteiger partial charge in [-0.1, -0.05) is 15.9 Å². The zero-order chi connectivity index (χ0) is 13.8. The van der Waals surface area contributed by atoms with Crippen molar-refractivity contribution in [1.82, 2.24) is 0 Å². The van der Waals surface area contributed by atoms with Crippen LogP contribution in [0.5, 0.6) is 0 Å². The third kappa shape index (κ3) is 3.45. The predicted molar refractivity (Wildman–Crippen MR) is 78.0 cm³/mol. The highest BCUT2D eigenvalue weighted by Crippen LogP contribution is 2.27. The first-order valence-corrected chi connectivity index (χ1v) is 7.40. The van der Waals surface area contributed by atoms with Gasteiger partial charge in [-0.15, -0.1) is 0 Å². The lowest BCUT2D eigenvalue weighted by Crippen LogP contribution is -2.29. The number of non-ortho nitro benzene ring substituents is 1. The Morgan fingerprint density at radius 3 is 2.95 bits per heavy atom. The Morgan fingerprint density at radius 1 is 1.58 bits per heavy atom. The number of benzene rings is 1. The van der Waals surface area contributed by atoms with Gasteiger partial charge in [0, 0.05) is 43.3 Å². The highest BCUT2D eigenvalue weighted by molar-refractivity contribution is 9.08. The van der Waals surface area contributed by atoms with Crippen molar-refractivity contribution in [2.45, 2.75) is 24.3 Å². The van der Waals surface area contributed by atoms with Gasteiger partial charge in [-0.05, 0) is 24.5 Å². The van der Waals surface area contributed by atoms with Crippen molar-refractivity contribution in [2.24, 2.45) is 0 Å². The van der Waals surface area contributed by atoms with Gasteiger partial charge >= 0.3 is 0 Å². The summed E-state index contributed by atoms with van der Waals surface area (Å²) in [5.74, 6) is 0. The van der Waals surface area contributed by atoms with Crippen LogP contribution < -0.4 is 4.90 Å². The average Bonchev–Trinajstić information content (AvgIpc) is 2.90. The lowest BCUT2D eigenvalue weighted by Gasteiger charge is -2.24. The van der Waals surface area contributed by atoms with Crippen LogP contribution in [0.1, 0.15) is 18.4 Å². The number of halogens is 1. The molecule has 1 unspecified atom stereocenters. The normalized spacial score (nSPS) is 18.5. The fourth-order valence-electron chi connectivity index (χ4n) is 2.36. The van der Waals surface area contributed by atoms with E-state index in [0.29, 0.717) is 5.33 Å². The molecular weight excluding hydrogens is 312 g/mol. The quantitative estimate of drug-likeness (QED) is 0.473. The number of likely N-dealkylation sites (N-methyl/N-ethyl adjacent to an activating group) is 1. The molecule has 1 aromatic carbocycles. The predicted octanol–water partition coefficient (Wildman–Crippen LogP) is 3.10. The first-order chi connectivity index (χ1) is 9.11. The molecule has 2 rings (SSSR count). The molecule has 19 heavy (non-hydrogen) atoms. The van der Waals surface area contributed by atoms with Gasteiger partial charge < -0.3 is 9.64 Å². The van der Waals surface area contributed by atoms with Crippen molar-refractivity contribution in [3.8, 4) is 0 Å². The second-order valence-corrected chi connectivity index (χ2v) is 5.28. The minimum Gasteiger partial charge on any atom is -0.376 e. The van der Waals surface area contributed by atoms with Gasteiger partial charge in [-0.2, -0.15) is 0 Å². The number of alkyl halides is 1. The standard InChI is InChI=1S/C13H17BrN2O3/c1-15(9-12-3-2-6-19-12)13-5-4-11(16(17)18)7-10(13)8-14/h4-5,7,12H,2-3,6,8-9H2,1H3. The molecule has 0 aromatic heterocycles. The van der Waals surface area contributed by atoms with Crippen LogP contribution in [0.4, 0.5) is 11.4 Å². The molecule has 0 spiro atoms. The Bertz CT molecular complexity index is 461. The largest absolute Gasteiger partial charge is 0.376 e.